The maximum atomic E-state index is 12.2. The Morgan fingerprint density at radius 3 is 2.89 bits per heavy atom. The standard InChI is InChI=1S/C19H20N4O2S2/c20-11-14-6-3-7-15(10-14)16(24)12-26-19-23-22-18(27-19)21-17(25)9-8-13-4-1-2-5-13/h3,6-7,10,13H,1-2,4-5,8-9,12H2,(H,21,22,25). The van der Waals surface area contributed by atoms with Crippen molar-refractivity contribution in [3.05, 3.63) is 35.4 Å². The number of Topliss-reactive ketones (excluding diaryl/α,β-unsaturated/α-hetero) is 1. The Bertz CT molecular complexity index is 853. The maximum absolute atomic E-state index is 12.2. The van der Waals surface area contributed by atoms with Crippen LogP contribution in [0.15, 0.2) is 28.6 Å². The molecule has 2 aromatic rings. The lowest BCUT2D eigenvalue weighted by Gasteiger charge is -2.07. The van der Waals surface area contributed by atoms with E-state index in [-0.39, 0.29) is 17.4 Å². The number of carbonyl (C=O) groups is 2. The van der Waals surface area contributed by atoms with Gasteiger partial charge in [-0.05, 0) is 24.5 Å². The highest BCUT2D eigenvalue weighted by Crippen LogP contribution is 2.29. The topological polar surface area (TPSA) is 95.7 Å². The third kappa shape index (κ3) is 5.88. The van der Waals surface area contributed by atoms with Crippen molar-refractivity contribution in [1.82, 2.24) is 10.2 Å². The number of hydrogen-bond acceptors (Lipinski definition) is 7. The number of anilines is 1. The number of thioether (sulfide) groups is 1. The van der Waals surface area contributed by atoms with Crippen LogP contribution >= 0.6 is 23.1 Å². The molecule has 1 aromatic heterocycles. The van der Waals surface area contributed by atoms with Gasteiger partial charge in [-0.1, -0.05) is 60.9 Å². The van der Waals surface area contributed by atoms with Crippen LogP contribution in [0.5, 0.6) is 0 Å². The number of amides is 1. The molecule has 1 aromatic carbocycles. The second kappa shape index (κ2) is 9.62. The molecular weight excluding hydrogens is 380 g/mol. The fraction of sp³-hybridized carbons (Fsp3) is 0.421. The summed E-state index contributed by atoms with van der Waals surface area (Å²) in [4.78, 5) is 24.3. The third-order valence-electron chi connectivity index (χ3n) is 4.55. The van der Waals surface area contributed by atoms with Gasteiger partial charge in [-0.15, -0.1) is 10.2 Å². The minimum absolute atomic E-state index is 0.0287. The number of nitriles is 1. The predicted molar refractivity (Wildman–Crippen MR) is 106 cm³/mol. The SMILES string of the molecule is N#Cc1cccc(C(=O)CSc2nnc(NC(=O)CCC3CCCC3)s2)c1. The highest BCUT2D eigenvalue weighted by molar-refractivity contribution is 8.01. The molecule has 1 aliphatic carbocycles. The van der Waals surface area contributed by atoms with E-state index in [0.717, 1.165) is 6.42 Å². The molecule has 1 saturated carbocycles. The number of rotatable bonds is 8. The Hall–Kier alpha value is -2.24. The van der Waals surface area contributed by atoms with Crippen LogP contribution in [-0.2, 0) is 4.79 Å². The first-order valence-corrected chi connectivity index (χ1v) is 10.7. The Kier molecular flexibility index (Phi) is 6.96. The summed E-state index contributed by atoms with van der Waals surface area (Å²) >= 11 is 2.55. The quantitative estimate of drug-likeness (QED) is 0.403. The minimum Gasteiger partial charge on any atom is -0.301 e. The first-order valence-electron chi connectivity index (χ1n) is 8.93. The molecule has 27 heavy (non-hydrogen) atoms. The van der Waals surface area contributed by atoms with Gasteiger partial charge in [0.05, 0.1) is 17.4 Å². The average molecular weight is 401 g/mol. The summed E-state index contributed by atoms with van der Waals surface area (Å²) in [6.45, 7) is 0. The van der Waals surface area contributed by atoms with Crippen molar-refractivity contribution in [2.45, 2.75) is 42.9 Å². The fourth-order valence-corrected chi connectivity index (χ4v) is 4.77. The molecule has 3 rings (SSSR count). The molecule has 0 bridgehead atoms. The van der Waals surface area contributed by atoms with Crippen LogP contribution in [0.4, 0.5) is 5.13 Å². The molecule has 1 N–H and O–H groups in total. The van der Waals surface area contributed by atoms with Gasteiger partial charge in [0, 0.05) is 12.0 Å². The number of benzene rings is 1. The molecule has 0 atom stereocenters. The molecule has 6 nitrogen and oxygen atoms in total. The van der Waals surface area contributed by atoms with Gasteiger partial charge in [-0.25, -0.2) is 0 Å². The second-order valence-electron chi connectivity index (χ2n) is 6.51. The highest BCUT2D eigenvalue weighted by atomic mass is 32.2. The van der Waals surface area contributed by atoms with Gasteiger partial charge >= 0.3 is 0 Å². The van der Waals surface area contributed by atoms with E-state index in [1.807, 2.05) is 6.07 Å². The summed E-state index contributed by atoms with van der Waals surface area (Å²) in [6, 6.07) is 8.66. The molecule has 140 valence electrons. The first kappa shape index (κ1) is 19.5. The predicted octanol–water partition coefficient (Wildman–Crippen LogP) is 4.29. The van der Waals surface area contributed by atoms with Gasteiger partial charge in [0.1, 0.15) is 0 Å². The Morgan fingerprint density at radius 1 is 1.30 bits per heavy atom. The molecule has 1 heterocycles. The van der Waals surface area contributed by atoms with Crippen molar-refractivity contribution in [1.29, 1.82) is 5.26 Å². The van der Waals surface area contributed by atoms with Crippen LogP contribution in [0.1, 0.15) is 54.4 Å². The molecule has 0 saturated heterocycles. The number of nitrogens with zero attached hydrogens (tertiary/aromatic N) is 3. The van der Waals surface area contributed by atoms with Crippen molar-refractivity contribution in [3.63, 3.8) is 0 Å². The van der Waals surface area contributed by atoms with Crippen molar-refractivity contribution in [2.75, 3.05) is 11.1 Å². The molecule has 1 amide bonds. The van der Waals surface area contributed by atoms with E-state index in [2.05, 4.69) is 15.5 Å². The average Bonchev–Trinajstić information content (AvgIpc) is 3.36. The zero-order chi connectivity index (χ0) is 19.1. The van der Waals surface area contributed by atoms with Gasteiger partial charge in [0.25, 0.3) is 0 Å². The molecule has 1 aliphatic rings. The van der Waals surface area contributed by atoms with Gasteiger partial charge in [-0.2, -0.15) is 5.26 Å². The van der Waals surface area contributed by atoms with Gasteiger partial charge in [0.2, 0.25) is 11.0 Å². The lowest BCUT2D eigenvalue weighted by Crippen LogP contribution is -2.12. The summed E-state index contributed by atoms with van der Waals surface area (Å²) in [5, 5.41) is 20.2. The molecule has 0 spiro atoms. The number of carbonyl (C=O) groups excluding carboxylic acids is 2. The molecular formula is C19H20N4O2S2. The van der Waals surface area contributed by atoms with Crippen molar-refractivity contribution in [3.8, 4) is 6.07 Å². The zero-order valence-corrected chi connectivity index (χ0v) is 16.4. The lowest BCUT2D eigenvalue weighted by molar-refractivity contribution is -0.116. The molecule has 0 radical (unpaired) electrons. The van der Waals surface area contributed by atoms with Gasteiger partial charge in [-0.3, -0.25) is 9.59 Å². The van der Waals surface area contributed by atoms with E-state index in [0.29, 0.717) is 32.9 Å². The monoisotopic (exact) mass is 400 g/mol. The van der Waals surface area contributed by atoms with Crippen LogP contribution in [0.25, 0.3) is 0 Å². The maximum Gasteiger partial charge on any atom is 0.226 e. The van der Waals surface area contributed by atoms with E-state index in [9.17, 15) is 9.59 Å². The summed E-state index contributed by atoms with van der Waals surface area (Å²) in [6.07, 6.45) is 6.48. The second-order valence-corrected chi connectivity index (χ2v) is 8.71. The summed E-state index contributed by atoms with van der Waals surface area (Å²) in [7, 11) is 0. The van der Waals surface area contributed by atoms with Crippen molar-refractivity contribution < 1.29 is 9.59 Å². The van der Waals surface area contributed by atoms with E-state index < -0.39 is 0 Å². The van der Waals surface area contributed by atoms with Crippen LogP contribution in [0, 0.1) is 17.2 Å². The Morgan fingerprint density at radius 2 is 2.11 bits per heavy atom. The van der Waals surface area contributed by atoms with Crippen LogP contribution < -0.4 is 5.32 Å². The normalized spacial score (nSPS) is 14.0. The Labute approximate surface area is 166 Å². The summed E-state index contributed by atoms with van der Waals surface area (Å²) in [5.74, 6) is 0.786. The largest absolute Gasteiger partial charge is 0.301 e. The number of ketones is 1. The van der Waals surface area contributed by atoms with E-state index in [4.69, 9.17) is 5.26 Å². The molecule has 0 unspecified atom stereocenters. The lowest BCUT2D eigenvalue weighted by atomic mass is 10.0. The third-order valence-corrected chi connectivity index (χ3v) is 6.52. The fourth-order valence-electron chi connectivity index (χ4n) is 3.11. The summed E-state index contributed by atoms with van der Waals surface area (Å²) < 4.78 is 0.630. The minimum atomic E-state index is -0.0746. The van der Waals surface area contributed by atoms with Crippen LogP contribution in [0.2, 0.25) is 0 Å². The van der Waals surface area contributed by atoms with Crippen LogP contribution in [-0.4, -0.2) is 27.6 Å². The van der Waals surface area contributed by atoms with Gasteiger partial charge < -0.3 is 5.32 Å². The van der Waals surface area contributed by atoms with Crippen molar-refractivity contribution >= 4 is 39.9 Å². The van der Waals surface area contributed by atoms with Crippen molar-refractivity contribution in [2.24, 2.45) is 5.92 Å². The summed E-state index contributed by atoms with van der Waals surface area (Å²) in [5.41, 5.74) is 0.968. The van der Waals surface area contributed by atoms with E-state index in [1.165, 1.54) is 48.8 Å². The number of aromatic nitrogens is 2. The molecule has 1 fully saturated rings. The van der Waals surface area contributed by atoms with Crippen LogP contribution in [0.3, 0.4) is 0 Å². The van der Waals surface area contributed by atoms with E-state index in [1.54, 1.807) is 24.3 Å². The highest BCUT2D eigenvalue weighted by Gasteiger charge is 2.17. The Balaban J connectivity index is 1.45. The molecule has 8 heteroatoms. The number of nitrogens with one attached hydrogen (secondary N) is 1. The first-order chi connectivity index (χ1) is 13.1. The zero-order valence-electron chi connectivity index (χ0n) is 14.8. The smallest absolute Gasteiger partial charge is 0.226 e. The molecule has 0 aliphatic heterocycles. The number of hydrogen-bond donors (Lipinski definition) is 1. The van der Waals surface area contributed by atoms with Gasteiger partial charge in [0.15, 0.2) is 10.1 Å². The van der Waals surface area contributed by atoms with E-state index >= 15 is 0 Å².